The highest BCUT2D eigenvalue weighted by Crippen LogP contribution is 2.28. The Kier molecular flexibility index (Phi) is 6.78. The number of likely N-dealkylation sites (N-methyl/N-ethyl adjacent to an activating group) is 1. The molecule has 1 saturated carbocycles. The molecular weight excluding hydrogens is 238 g/mol. The lowest BCUT2D eigenvalue weighted by Gasteiger charge is -2.31. The molecule has 4 heteroatoms. The minimum atomic E-state index is -0.433. The van der Waals surface area contributed by atoms with Gasteiger partial charge in [0.2, 0.25) is 0 Å². The monoisotopic (exact) mass is 267 g/mol. The number of hydrogen-bond donors (Lipinski definition) is 1. The van der Waals surface area contributed by atoms with Crippen LogP contribution in [0, 0.1) is 17.2 Å². The highest BCUT2D eigenvalue weighted by molar-refractivity contribution is 5.05. The van der Waals surface area contributed by atoms with E-state index in [0.29, 0.717) is 6.04 Å². The first kappa shape index (κ1) is 16.4. The molecule has 110 valence electrons. The second-order valence-electron chi connectivity index (χ2n) is 6.03. The summed E-state index contributed by atoms with van der Waals surface area (Å²) in [5.74, 6) is 0.832. The summed E-state index contributed by atoms with van der Waals surface area (Å²) < 4.78 is 5.66. The van der Waals surface area contributed by atoms with Gasteiger partial charge in [-0.2, -0.15) is 5.26 Å². The smallest absolute Gasteiger partial charge is 0.105 e. The van der Waals surface area contributed by atoms with E-state index in [-0.39, 0.29) is 0 Å². The summed E-state index contributed by atoms with van der Waals surface area (Å²) in [6.45, 7) is 9.66. The molecule has 1 aliphatic carbocycles. The molecule has 0 amide bonds. The predicted octanol–water partition coefficient (Wildman–Crippen LogP) is 2.02. The lowest BCUT2D eigenvalue weighted by molar-refractivity contribution is 0.0892. The molecule has 0 saturated heterocycles. The second kappa shape index (κ2) is 7.84. The molecule has 0 aromatic heterocycles. The van der Waals surface area contributed by atoms with Gasteiger partial charge in [0.1, 0.15) is 5.54 Å². The Bertz CT molecular complexity index is 298. The number of rotatable bonds is 10. The van der Waals surface area contributed by atoms with Crippen LogP contribution >= 0.6 is 0 Å². The quantitative estimate of drug-likeness (QED) is 0.615. The first-order chi connectivity index (χ1) is 9.00. The fourth-order valence-electron chi connectivity index (χ4n) is 2.26. The zero-order chi connectivity index (χ0) is 14.3. The van der Waals surface area contributed by atoms with E-state index in [1.807, 2.05) is 13.8 Å². The lowest BCUT2D eigenvalue weighted by atomic mass is 9.94. The molecule has 1 aliphatic rings. The number of nitriles is 1. The van der Waals surface area contributed by atoms with Crippen LogP contribution in [0.1, 0.15) is 40.0 Å². The van der Waals surface area contributed by atoms with Gasteiger partial charge < -0.3 is 9.64 Å². The normalized spacial score (nSPS) is 20.0. The molecule has 1 rings (SSSR count). The standard InChI is InChI=1S/C15H29N3O/c1-5-17-15(3,12-16)10-13(2)18(4)8-9-19-11-14-6-7-14/h13-14,17H,5-11H2,1-4H3. The van der Waals surface area contributed by atoms with Crippen LogP contribution in [0.25, 0.3) is 0 Å². The van der Waals surface area contributed by atoms with Crippen molar-refractivity contribution in [3.63, 3.8) is 0 Å². The van der Waals surface area contributed by atoms with Crippen LogP contribution in [-0.4, -0.2) is 49.8 Å². The van der Waals surface area contributed by atoms with E-state index in [0.717, 1.165) is 38.6 Å². The Labute approximate surface area is 118 Å². The molecular formula is C15H29N3O. The number of nitrogens with zero attached hydrogens (tertiary/aromatic N) is 2. The second-order valence-corrected chi connectivity index (χ2v) is 6.03. The summed E-state index contributed by atoms with van der Waals surface area (Å²) in [5.41, 5.74) is -0.433. The van der Waals surface area contributed by atoms with Gasteiger partial charge in [0.05, 0.1) is 12.7 Å². The zero-order valence-corrected chi connectivity index (χ0v) is 12.9. The topological polar surface area (TPSA) is 48.3 Å². The van der Waals surface area contributed by atoms with Crippen molar-refractivity contribution in [1.82, 2.24) is 10.2 Å². The molecule has 1 fully saturated rings. The number of nitrogens with one attached hydrogen (secondary N) is 1. The molecule has 0 aromatic carbocycles. The van der Waals surface area contributed by atoms with Gasteiger partial charge in [-0.05, 0) is 52.6 Å². The van der Waals surface area contributed by atoms with Crippen molar-refractivity contribution in [2.45, 2.75) is 51.6 Å². The minimum Gasteiger partial charge on any atom is -0.380 e. The Hall–Kier alpha value is -0.630. The molecule has 1 N–H and O–H groups in total. The third-order valence-electron chi connectivity index (χ3n) is 3.91. The maximum atomic E-state index is 9.27. The summed E-state index contributed by atoms with van der Waals surface area (Å²) >= 11 is 0. The maximum absolute atomic E-state index is 9.27. The van der Waals surface area contributed by atoms with E-state index >= 15 is 0 Å². The third kappa shape index (κ3) is 6.38. The fraction of sp³-hybridized carbons (Fsp3) is 0.933. The van der Waals surface area contributed by atoms with Crippen LogP contribution in [0.4, 0.5) is 0 Å². The average Bonchev–Trinajstić information content (AvgIpc) is 3.18. The Morgan fingerprint density at radius 2 is 2.21 bits per heavy atom. The van der Waals surface area contributed by atoms with E-state index in [1.165, 1.54) is 12.8 Å². The van der Waals surface area contributed by atoms with Gasteiger partial charge in [0.15, 0.2) is 0 Å². The number of ether oxygens (including phenoxy) is 1. The molecule has 0 bridgehead atoms. The van der Waals surface area contributed by atoms with E-state index in [1.54, 1.807) is 0 Å². The van der Waals surface area contributed by atoms with Gasteiger partial charge in [-0.3, -0.25) is 5.32 Å². The van der Waals surface area contributed by atoms with Gasteiger partial charge in [-0.1, -0.05) is 6.92 Å². The van der Waals surface area contributed by atoms with Crippen molar-refractivity contribution in [3.05, 3.63) is 0 Å². The molecule has 0 aliphatic heterocycles. The lowest BCUT2D eigenvalue weighted by Crippen LogP contribution is -2.46. The van der Waals surface area contributed by atoms with Gasteiger partial charge in [0, 0.05) is 19.2 Å². The fourth-order valence-corrected chi connectivity index (χ4v) is 2.26. The van der Waals surface area contributed by atoms with Crippen molar-refractivity contribution >= 4 is 0 Å². The van der Waals surface area contributed by atoms with Crippen LogP contribution < -0.4 is 5.32 Å². The maximum Gasteiger partial charge on any atom is 0.105 e. The van der Waals surface area contributed by atoms with Crippen molar-refractivity contribution in [2.24, 2.45) is 5.92 Å². The number of hydrogen-bond acceptors (Lipinski definition) is 4. The van der Waals surface area contributed by atoms with Gasteiger partial charge >= 0.3 is 0 Å². The molecule has 2 unspecified atom stereocenters. The van der Waals surface area contributed by atoms with Crippen molar-refractivity contribution in [2.75, 3.05) is 33.4 Å². The van der Waals surface area contributed by atoms with Crippen molar-refractivity contribution in [1.29, 1.82) is 5.26 Å². The summed E-state index contributed by atoms with van der Waals surface area (Å²) in [7, 11) is 2.11. The SMILES string of the molecule is CCNC(C)(C#N)CC(C)N(C)CCOCC1CC1. The van der Waals surface area contributed by atoms with E-state index < -0.39 is 5.54 Å². The zero-order valence-electron chi connectivity index (χ0n) is 12.9. The summed E-state index contributed by atoms with van der Waals surface area (Å²) in [4.78, 5) is 2.28. The summed E-state index contributed by atoms with van der Waals surface area (Å²) in [6, 6.07) is 2.76. The molecule has 0 radical (unpaired) electrons. The molecule has 4 nitrogen and oxygen atoms in total. The molecule has 2 atom stereocenters. The van der Waals surface area contributed by atoms with Crippen LogP contribution in [0.15, 0.2) is 0 Å². The van der Waals surface area contributed by atoms with Gasteiger partial charge in [-0.15, -0.1) is 0 Å². The first-order valence-electron chi connectivity index (χ1n) is 7.45. The Morgan fingerprint density at radius 1 is 1.53 bits per heavy atom. The molecule has 0 aromatic rings. The molecule has 0 spiro atoms. The predicted molar refractivity (Wildman–Crippen MR) is 77.9 cm³/mol. The molecule has 19 heavy (non-hydrogen) atoms. The van der Waals surface area contributed by atoms with E-state index in [4.69, 9.17) is 4.74 Å². The highest BCUT2D eigenvalue weighted by atomic mass is 16.5. The van der Waals surface area contributed by atoms with Crippen LogP contribution in [0.2, 0.25) is 0 Å². The Morgan fingerprint density at radius 3 is 2.74 bits per heavy atom. The van der Waals surface area contributed by atoms with Crippen molar-refractivity contribution < 1.29 is 4.74 Å². The molecule has 0 heterocycles. The van der Waals surface area contributed by atoms with Gasteiger partial charge in [-0.25, -0.2) is 0 Å². The average molecular weight is 267 g/mol. The summed E-state index contributed by atoms with van der Waals surface area (Å²) in [5, 5.41) is 12.5. The third-order valence-corrected chi connectivity index (χ3v) is 3.91. The summed E-state index contributed by atoms with van der Waals surface area (Å²) in [6.07, 6.45) is 3.52. The first-order valence-corrected chi connectivity index (χ1v) is 7.45. The van der Waals surface area contributed by atoms with Crippen LogP contribution in [0.3, 0.4) is 0 Å². The minimum absolute atomic E-state index is 0.369. The van der Waals surface area contributed by atoms with Crippen LogP contribution in [-0.2, 0) is 4.74 Å². The van der Waals surface area contributed by atoms with Crippen LogP contribution in [0.5, 0.6) is 0 Å². The van der Waals surface area contributed by atoms with E-state index in [2.05, 4.69) is 30.3 Å². The largest absolute Gasteiger partial charge is 0.380 e. The highest BCUT2D eigenvalue weighted by Gasteiger charge is 2.27. The van der Waals surface area contributed by atoms with E-state index in [9.17, 15) is 5.26 Å². The van der Waals surface area contributed by atoms with Crippen molar-refractivity contribution in [3.8, 4) is 6.07 Å². The Balaban J connectivity index is 2.21. The van der Waals surface area contributed by atoms with Gasteiger partial charge in [0.25, 0.3) is 0 Å².